The Morgan fingerprint density at radius 1 is 1.11 bits per heavy atom. The maximum atomic E-state index is 12.0. The van der Waals surface area contributed by atoms with Gasteiger partial charge in [0.1, 0.15) is 5.57 Å². The van der Waals surface area contributed by atoms with E-state index in [9.17, 15) is 14.4 Å². The molecule has 8 heteroatoms. The van der Waals surface area contributed by atoms with E-state index in [0.717, 1.165) is 22.6 Å². The molecule has 2 aromatic rings. The summed E-state index contributed by atoms with van der Waals surface area (Å²) in [5, 5.41) is 7.59. The molecule has 0 aliphatic carbocycles. The van der Waals surface area contributed by atoms with Gasteiger partial charge in [0, 0.05) is 29.7 Å². The molecule has 2 heterocycles. The predicted octanol–water partition coefficient (Wildman–Crippen LogP) is 1.97. The van der Waals surface area contributed by atoms with E-state index in [0.29, 0.717) is 5.69 Å². The van der Waals surface area contributed by atoms with Crippen LogP contribution in [0.5, 0.6) is 0 Å². The lowest BCUT2D eigenvalue weighted by atomic mass is 10.1. The van der Waals surface area contributed by atoms with E-state index in [-0.39, 0.29) is 16.6 Å². The topological polar surface area (TPSA) is 92.2 Å². The first-order valence-corrected chi connectivity index (χ1v) is 8.62. The lowest BCUT2D eigenvalue weighted by molar-refractivity contribution is -0.123. The zero-order valence-corrected chi connectivity index (χ0v) is 15.9. The molecule has 1 aliphatic heterocycles. The van der Waals surface area contributed by atoms with Gasteiger partial charge >= 0.3 is 0 Å². The number of carbonyl (C=O) groups is 3. The van der Waals surface area contributed by atoms with Crippen molar-refractivity contribution < 1.29 is 14.4 Å². The third-order valence-corrected chi connectivity index (χ3v) is 4.36. The Balaban J connectivity index is 1.97. The van der Waals surface area contributed by atoms with Crippen LogP contribution in [0.3, 0.4) is 0 Å². The van der Waals surface area contributed by atoms with Gasteiger partial charge in [-0.2, -0.15) is 0 Å². The lowest BCUT2D eigenvalue weighted by Crippen LogP contribution is -2.51. The van der Waals surface area contributed by atoms with E-state index in [1.807, 2.05) is 48.7 Å². The van der Waals surface area contributed by atoms with Crippen molar-refractivity contribution in [3.8, 4) is 5.69 Å². The predicted molar refractivity (Wildman–Crippen MR) is 106 cm³/mol. The summed E-state index contributed by atoms with van der Waals surface area (Å²) in [6.45, 7) is 5.30. The Labute approximate surface area is 161 Å². The maximum absolute atomic E-state index is 12.0. The zero-order valence-electron chi connectivity index (χ0n) is 15.0. The fourth-order valence-corrected chi connectivity index (χ4v) is 3.18. The summed E-state index contributed by atoms with van der Waals surface area (Å²) in [5.41, 5.74) is 4.20. The van der Waals surface area contributed by atoms with Crippen molar-refractivity contribution in [2.45, 2.75) is 20.8 Å². The quantitative estimate of drug-likeness (QED) is 0.430. The summed E-state index contributed by atoms with van der Waals surface area (Å²) in [7, 11) is 0. The molecule has 27 heavy (non-hydrogen) atoms. The number of rotatable bonds is 3. The first-order valence-electron chi connectivity index (χ1n) is 8.21. The van der Waals surface area contributed by atoms with Crippen LogP contribution in [0.1, 0.15) is 23.9 Å². The number of hydrogen-bond acceptors (Lipinski definition) is 4. The van der Waals surface area contributed by atoms with Gasteiger partial charge in [-0.25, -0.2) is 0 Å². The molecule has 138 valence electrons. The molecular weight excluding hydrogens is 364 g/mol. The molecule has 0 radical (unpaired) electrons. The number of benzene rings is 1. The van der Waals surface area contributed by atoms with Gasteiger partial charge in [-0.3, -0.25) is 25.0 Å². The number of aryl methyl sites for hydroxylation is 1. The smallest absolute Gasteiger partial charge is 0.263 e. The van der Waals surface area contributed by atoms with Crippen molar-refractivity contribution in [2.75, 3.05) is 5.32 Å². The Morgan fingerprint density at radius 3 is 2.26 bits per heavy atom. The minimum absolute atomic E-state index is 0.00450. The second-order valence-electron chi connectivity index (χ2n) is 6.19. The number of carbonyl (C=O) groups excluding carboxylic acids is 3. The van der Waals surface area contributed by atoms with Crippen molar-refractivity contribution in [3.63, 3.8) is 0 Å². The first-order chi connectivity index (χ1) is 12.8. The van der Waals surface area contributed by atoms with Gasteiger partial charge in [0.05, 0.1) is 0 Å². The van der Waals surface area contributed by atoms with Gasteiger partial charge < -0.3 is 9.88 Å². The van der Waals surface area contributed by atoms with Crippen LogP contribution in [0, 0.1) is 13.8 Å². The normalized spacial score (nSPS) is 13.9. The van der Waals surface area contributed by atoms with E-state index < -0.39 is 11.8 Å². The van der Waals surface area contributed by atoms with E-state index in [2.05, 4.69) is 16.0 Å². The molecule has 1 aliphatic rings. The van der Waals surface area contributed by atoms with Gasteiger partial charge in [-0.15, -0.1) is 0 Å². The fourth-order valence-electron chi connectivity index (χ4n) is 2.99. The first kappa shape index (κ1) is 18.5. The van der Waals surface area contributed by atoms with Crippen molar-refractivity contribution in [1.82, 2.24) is 15.2 Å². The number of nitrogens with zero attached hydrogens (tertiary/aromatic N) is 1. The Kier molecular flexibility index (Phi) is 4.91. The molecule has 0 unspecified atom stereocenters. The zero-order chi connectivity index (χ0) is 19.7. The van der Waals surface area contributed by atoms with Crippen LogP contribution in [-0.4, -0.2) is 27.4 Å². The highest BCUT2D eigenvalue weighted by atomic mass is 32.1. The standard InChI is InChI=1S/C19H18N4O3S/c1-10-8-13(9-16-17(25)21-19(27)22-18(16)26)11(2)23(10)15-6-4-14(5-7-15)20-12(3)24/h4-9H,1-3H3,(H,20,24)(H2,21,22,25,26,27). The van der Waals surface area contributed by atoms with Gasteiger partial charge in [-0.05, 0) is 68.0 Å². The van der Waals surface area contributed by atoms with Crippen LogP contribution in [0.25, 0.3) is 11.8 Å². The van der Waals surface area contributed by atoms with Crippen LogP contribution in [-0.2, 0) is 14.4 Å². The molecule has 1 aromatic carbocycles. The summed E-state index contributed by atoms with van der Waals surface area (Å²) in [6, 6.07) is 9.31. The number of anilines is 1. The number of thiocarbonyl (C=S) groups is 1. The molecule has 3 amide bonds. The highest BCUT2D eigenvalue weighted by Crippen LogP contribution is 2.24. The molecule has 7 nitrogen and oxygen atoms in total. The Morgan fingerprint density at radius 2 is 1.70 bits per heavy atom. The van der Waals surface area contributed by atoms with Crippen molar-refractivity contribution in [2.24, 2.45) is 0 Å². The molecule has 1 saturated heterocycles. The van der Waals surface area contributed by atoms with Crippen molar-refractivity contribution in [1.29, 1.82) is 0 Å². The third-order valence-electron chi connectivity index (χ3n) is 4.16. The molecule has 1 fully saturated rings. The van der Waals surface area contributed by atoms with Crippen LogP contribution in [0.4, 0.5) is 5.69 Å². The molecule has 3 N–H and O–H groups in total. The summed E-state index contributed by atoms with van der Waals surface area (Å²) in [4.78, 5) is 35.2. The lowest BCUT2D eigenvalue weighted by Gasteiger charge is -2.16. The second kappa shape index (κ2) is 7.16. The van der Waals surface area contributed by atoms with Gasteiger partial charge in [0.25, 0.3) is 11.8 Å². The average Bonchev–Trinajstić information content (AvgIpc) is 2.85. The summed E-state index contributed by atoms with van der Waals surface area (Å²) in [5.74, 6) is -1.17. The number of aromatic nitrogens is 1. The van der Waals surface area contributed by atoms with E-state index >= 15 is 0 Å². The summed E-state index contributed by atoms with van der Waals surface area (Å²) >= 11 is 4.81. The van der Waals surface area contributed by atoms with Crippen LogP contribution >= 0.6 is 12.2 Å². The van der Waals surface area contributed by atoms with Gasteiger partial charge in [0.15, 0.2) is 5.11 Å². The minimum Gasteiger partial charge on any atom is -0.326 e. The molecule has 0 bridgehead atoms. The number of nitrogens with one attached hydrogen (secondary N) is 3. The summed E-state index contributed by atoms with van der Waals surface area (Å²) < 4.78 is 2.01. The highest BCUT2D eigenvalue weighted by molar-refractivity contribution is 7.80. The van der Waals surface area contributed by atoms with Gasteiger partial charge in [-0.1, -0.05) is 0 Å². The average molecular weight is 382 g/mol. The van der Waals surface area contributed by atoms with E-state index in [1.54, 1.807) is 6.08 Å². The molecule has 3 rings (SSSR count). The fraction of sp³-hybridized carbons (Fsp3) is 0.158. The number of amides is 3. The molecule has 0 spiro atoms. The van der Waals surface area contributed by atoms with E-state index in [1.165, 1.54) is 6.92 Å². The Bertz CT molecular complexity index is 981. The van der Waals surface area contributed by atoms with Crippen LogP contribution < -0.4 is 16.0 Å². The van der Waals surface area contributed by atoms with Crippen molar-refractivity contribution >= 4 is 46.8 Å². The highest BCUT2D eigenvalue weighted by Gasteiger charge is 2.26. The van der Waals surface area contributed by atoms with Gasteiger partial charge in [0.2, 0.25) is 5.91 Å². The molecule has 0 saturated carbocycles. The largest absolute Gasteiger partial charge is 0.326 e. The van der Waals surface area contributed by atoms with Crippen molar-refractivity contribution in [3.05, 3.63) is 52.9 Å². The molecular formula is C19H18N4O3S. The number of hydrogen-bond donors (Lipinski definition) is 3. The minimum atomic E-state index is -0.520. The van der Waals surface area contributed by atoms with Crippen LogP contribution in [0.2, 0.25) is 0 Å². The molecule has 1 aromatic heterocycles. The SMILES string of the molecule is CC(=O)Nc1ccc(-n2c(C)cc(C=C3C(=O)NC(=S)NC3=O)c2C)cc1. The maximum Gasteiger partial charge on any atom is 0.263 e. The van der Waals surface area contributed by atoms with Crippen LogP contribution in [0.15, 0.2) is 35.9 Å². The summed E-state index contributed by atoms with van der Waals surface area (Å²) in [6.07, 6.45) is 1.55. The van der Waals surface area contributed by atoms with E-state index in [4.69, 9.17) is 12.2 Å². The monoisotopic (exact) mass is 382 g/mol. The second-order valence-corrected chi connectivity index (χ2v) is 6.59. The third kappa shape index (κ3) is 3.80. The molecule has 0 atom stereocenters. The Hall–Kier alpha value is -3.26.